The molecule has 0 fully saturated rings. The molecule has 0 spiro atoms. The summed E-state index contributed by atoms with van der Waals surface area (Å²) in [6, 6.07) is 4.93. The number of ether oxygens (including phenoxy) is 1. The van der Waals surface area contributed by atoms with E-state index in [0.29, 0.717) is 12.2 Å². The van der Waals surface area contributed by atoms with Crippen LogP contribution in [0.1, 0.15) is 12.5 Å². The van der Waals surface area contributed by atoms with Crippen LogP contribution in [0.15, 0.2) is 24.3 Å². The second kappa shape index (κ2) is 5.21. The maximum atomic E-state index is 12.2. The summed E-state index contributed by atoms with van der Waals surface area (Å²) < 4.78 is 41.8. The Hall–Kier alpha value is -1.23. The Morgan fingerprint density at radius 3 is 2.25 bits per heavy atom. The zero-order valence-corrected chi connectivity index (χ0v) is 9.14. The van der Waals surface area contributed by atoms with E-state index < -0.39 is 11.7 Å². The zero-order valence-electron chi connectivity index (χ0n) is 9.14. The van der Waals surface area contributed by atoms with Gasteiger partial charge in [0.15, 0.2) is 0 Å². The number of halogens is 3. The van der Waals surface area contributed by atoms with E-state index in [-0.39, 0.29) is 6.10 Å². The average molecular weight is 233 g/mol. The van der Waals surface area contributed by atoms with Crippen molar-refractivity contribution in [1.29, 1.82) is 0 Å². The molecule has 1 N–H and O–H groups in total. The first kappa shape index (κ1) is 12.8. The van der Waals surface area contributed by atoms with Crippen molar-refractivity contribution < 1.29 is 17.9 Å². The molecule has 1 unspecified atom stereocenters. The number of anilines is 1. The minimum Gasteiger partial charge on any atom is -0.382 e. The number of rotatable bonds is 4. The Morgan fingerprint density at radius 2 is 1.81 bits per heavy atom. The van der Waals surface area contributed by atoms with E-state index in [2.05, 4.69) is 5.32 Å². The molecule has 0 heterocycles. The summed E-state index contributed by atoms with van der Waals surface area (Å²) in [4.78, 5) is 0. The largest absolute Gasteiger partial charge is 0.416 e. The van der Waals surface area contributed by atoms with Gasteiger partial charge in [0.2, 0.25) is 0 Å². The second-order valence-electron chi connectivity index (χ2n) is 3.50. The standard InChI is InChI=1S/C11H14F3NO/c1-8(16-2)7-15-10-5-3-9(4-6-10)11(12,13)14/h3-6,8,15H,7H2,1-2H3. The molecule has 0 saturated heterocycles. The molecule has 1 atom stereocenters. The third-order valence-corrected chi connectivity index (χ3v) is 2.21. The molecule has 16 heavy (non-hydrogen) atoms. The van der Waals surface area contributed by atoms with E-state index in [4.69, 9.17) is 4.74 Å². The van der Waals surface area contributed by atoms with E-state index in [1.165, 1.54) is 12.1 Å². The highest BCUT2D eigenvalue weighted by atomic mass is 19.4. The van der Waals surface area contributed by atoms with Crippen LogP contribution < -0.4 is 5.32 Å². The predicted octanol–water partition coefficient (Wildman–Crippen LogP) is 3.15. The predicted molar refractivity (Wildman–Crippen MR) is 56.4 cm³/mol. The van der Waals surface area contributed by atoms with Gasteiger partial charge in [-0.3, -0.25) is 0 Å². The third-order valence-electron chi connectivity index (χ3n) is 2.21. The molecule has 1 rings (SSSR count). The monoisotopic (exact) mass is 233 g/mol. The van der Waals surface area contributed by atoms with Gasteiger partial charge in [0.25, 0.3) is 0 Å². The summed E-state index contributed by atoms with van der Waals surface area (Å²) in [5, 5.41) is 2.98. The summed E-state index contributed by atoms with van der Waals surface area (Å²) in [5.74, 6) is 0. The normalized spacial score (nSPS) is 13.6. The van der Waals surface area contributed by atoms with Gasteiger partial charge < -0.3 is 10.1 Å². The fourth-order valence-corrected chi connectivity index (χ4v) is 1.12. The lowest BCUT2D eigenvalue weighted by atomic mass is 10.2. The minimum absolute atomic E-state index is 0.0160. The van der Waals surface area contributed by atoms with Crippen LogP contribution in [0.25, 0.3) is 0 Å². The van der Waals surface area contributed by atoms with Crippen molar-refractivity contribution in [2.45, 2.75) is 19.2 Å². The molecule has 1 aromatic rings. The molecule has 0 aliphatic rings. The second-order valence-corrected chi connectivity index (χ2v) is 3.50. The van der Waals surface area contributed by atoms with Gasteiger partial charge in [-0.15, -0.1) is 0 Å². The number of alkyl halides is 3. The number of hydrogen-bond acceptors (Lipinski definition) is 2. The van der Waals surface area contributed by atoms with E-state index in [9.17, 15) is 13.2 Å². The molecule has 5 heteroatoms. The summed E-state index contributed by atoms with van der Waals surface area (Å²) in [5.41, 5.74) is 0.00902. The van der Waals surface area contributed by atoms with Gasteiger partial charge in [-0.1, -0.05) is 0 Å². The van der Waals surface area contributed by atoms with Gasteiger partial charge in [0, 0.05) is 19.3 Å². The molecule has 0 aliphatic carbocycles. The smallest absolute Gasteiger partial charge is 0.382 e. The molecule has 0 bridgehead atoms. The first-order valence-corrected chi connectivity index (χ1v) is 4.87. The van der Waals surface area contributed by atoms with Crippen molar-refractivity contribution in [3.8, 4) is 0 Å². The van der Waals surface area contributed by atoms with Gasteiger partial charge in [0.1, 0.15) is 0 Å². The first-order chi connectivity index (χ1) is 7.43. The molecule has 0 aliphatic heterocycles. The topological polar surface area (TPSA) is 21.3 Å². The van der Waals surface area contributed by atoms with E-state index in [1.54, 1.807) is 7.11 Å². The van der Waals surface area contributed by atoms with E-state index in [0.717, 1.165) is 12.1 Å². The number of nitrogens with one attached hydrogen (secondary N) is 1. The lowest BCUT2D eigenvalue weighted by molar-refractivity contribution is -0.137. The Labute approximate surface area is 92.4 Å². The van der Waals surface area contributed by atoms with Crippen LogP contribution in [0.2, 0.25) is 0 Å². The summed E-state index contributed by atoms with van der Waals surface area (Å²) >= 11 is 0. The van der Waals surface area contributed by atoms with Gasteiger partial charge in [0.05, 0.1) is 11.7 Å². The third kappa shape index (κ3) is 3.73. The van der Waals surface area contributed by atoms with E-state index >= 15 is 0 Å². The van der Waals surface area contributed by atoms with Gasteiger partial charge >= 0.3 is 6.18 Å². The molecule has 0 saturated carbocycles. The fraction of sp³-hybridized carbons (Fsp3) is 0.455. The van der Waals surface area contributed by atoms with Crippen molar-refractivity contribution in [2.24, 2.45) is 0 Å². The van der Waals surface area contributed by atoms with Crippen LogP contribution in [0, 0.1) is 0 Å². The Balaban J connectivity index is 2.58. The van der Waals surface area contributed by atoms with Gasteiger partial charge in [-0.25, -0.2) is 0 Å². The fourth-order valence-electron chi connectivity index (χ4n) is 1.12. The number of methoxy groups -OCH3 is 1. The molecule has 0 radical (unpaired) electrons. The van der Waals surface area contributed by atoms with Gasteiger partial charge in [-0.05, 0) is 31.2 Å². The molecule has 1 aromatic carbocycles. The number of hydrogen-bond donors (Lipinski definition) is 1. The van der Waals surface area contributed by atoms with Crippen molar-refractivity contribution in [2.75, 3.05) is 19.0 Å². The Kier molecular flexibility index (Phi) is 4.18. The van der Waals surface area contributed by atoms with Crippen molar-refractivity contribution >= 4 is 5.69 Å². The van der Waals surface area contributed by atoms with Crippen LogP contribution in [-0.2, 0) is 10.9 Å². The zero-order chi connectivity index (χ0) is 12.2. The molecule has 0 amide bonds. The van der Waals surface area contributed by atoms with Crippen LogP contribution >= 0.6 is 0 Å². The maximum Gasteiger partial charge on any atom is 0.416 e. The van der Waals surface area contributed by atoms with Crippen molar-refractivity contribution in [1.82, 2.24) is 0 Å². The first-order valence-electron chi connectivity index (χ1n) is 4.87. The molecule has 0 aromatic heterocycles. The summed E-state index contributed by atoms with van der Waals surface area (Å²) in [6.07, 6.45) is -4.26. The van der Waals surface area contributed by atoms with Gasteiger partial charge in [-0.2, -0.15) is 13.2 Å². The highest BCUT2D eigenvalue weighted by Crippen LogP contribution is 2.29. The molecular formula is C11H14F3NO. The highest BCUT2D eigenvalue weighted by molar-refractivity contribution is 5.45. The van der Waals surface area contributed by atoms with Crippen LogP contribution in [0.3, 0.4) is 0 Å². The van der Waals surface area contributed by atoms with Crippen LogP contribution in [-0.4, -0.2) is 19.8 Å². The lowest BCUT2D eigenvalue weighted by Gasteiger charge is -2.12. The Morgan fingerprint density at radius 1 is 1.25 bits per heavy atom. The average Bonchev–Trinajstić information content (AvgIpc) is 2.25. The molecular weight excluding hydrogens is 219 g/mol. The Bertz CT molecular complexity index is 321. The maximum absolute atomic E-state index is 12.2. The number of benzene rings is 1. The molecule has 2 nitrogen and oxygen atoms in total. The van der Waals surface area contributed by atoms with Crippen LogP contribution in [0.5, 0.6) is 0 Å². The van der Waals surface area contributed by atoms with Crippen molar-refractivity contribution in [3.05, 3.63) is 29.8 Å². The SMILES string of the molecule is COC(C)CNc1ccc(C(F)(F)F)cc1. The summed E-state index contributed by atoms with van der Waals surface area (Å²) in [6.45, 7) is 2.43. The van der Waals surface area contributed by atoms with Crippen LogP contribution in [0.4, 0.5) is 18.9 Å². The quantitative estimate of drug-likeness (QED) is 0.862. The molecule has 90 valence electrons. The summed E-state index contributed by atoms with van der Waals surface area (Å²) in [7, 11) is 1.58. The highest BCUT2D eigenvalue weighted by Gasteiger charge is 2.29. The van der Waals surface area contributed by atoms with E-state index in [1.807, 2.05) is 6.92 Å². The van der Waals surface area contributed by atoms with Crippen molar-refractivity contribution in [3.63, 3.8) is 0 Å². The minimum atomic E-state index is -4.28. The lowest BCUT2D eigenvalue weighted by Crippen LogP contribution is -2.18.